The predicted molar refractivity (Wildman–Crippen MR) is 89.6 cm³/mol. The zero-order chi connectivity index (χ0) is 15.5. The second-order valence-electron chi connectivity index (χ2n) is 7.24. The maximum Gasteiger partial charge on any atom is 0.0981 e. The van der Waals surface area contributed by atoms with Crippen LogP contribution >= 0.6 is 0 Å². The third-order valence-electron chi connectivity index (χ3n) is 3.58. The normalized spacial score (nSPS) is 13.1. The molecule has 2 nitrogen and oxygen atoms in total. The number of nitrogens with zero attached hydrogens (tertiary/aromatic N) is 1. The van der Waals surface area contributed by atoms with Gasteiger partial charge in [-0.25, -0.2) is 0 Å². The summed E-state index contributed by atoms with van der Waals surface area (Å²) >= 11 is 0. The molecule has 0 aliphatic heterocycles. The molecule has 0 heterocycles. The van der Waals surface area contributed by atoms with Gasteiger partial charge in [0.25, 0.3) is 0 Å². The first-order valence-electron chi connectivity index (χ1n) is 7.50. The second-order valence-corrected chi connectivity index (χ2v) is 7.24. The SMILES string of the molecule is Cc1cc(C(C)(C)C)cc(C)c1CC(N)=NCC(C)C. The van der Waals surface area contributed by atoms with E-state index in [4.69, 9.17) is 5.73 Å². The van der Waals surface area contributed by atoms with Crippen molar-refractivity contribution in [1.82, 2.24) is 0 Å². The molecule has 0 amide bonds. The van der Waals surface area contributed by atoms with E-state index in [9.17, 15) is 0 Å². The molecule has 0 bridgehead atoms. The van der Waals surface area contributed by atoms with Gasteiger partial charge in [0, 0.05) is 13.0 Å². The molecule has 0 atom stereocenters. The van der Waals surface area contributed by atoms with E-state index in [1.54, 1.807) is 0 Å². The number of aryl methyl sites for hydroxylation is 2. The third-order valence-corrected chi connectivity index (χ3v) is 3.58. The first kappa shape index (κ1) is 16.7. The zero-order valence-electron chi connectivity index (χ0n) is 14.2. The molecule has 0 aromatic heterocycles. The first-order chi connectivity index (χ1) is 9.11. The predicted octanol–water partition coefficient (Wildman–Crippen LogP) is 4.16. The monoisotopic (exact) mass is 274 g/mol. The molecule has 1 aromatic rings. The van der Waals surface area contributed by atoms with Crippen LogP contribution in [0, 0.1) is 19.8 Å². The van der Waals surface area contributed by atoms with E-state index >= 15 is 0 Å². The fourth-order valence-corrected chi connectivity index (χ4v) is 2.24. The standard InChI is InChI=1S/C18H30N2/c1-12(2)11-20-17(19)10-16-13(3)8-15(9-14(16)4)18(5,6)7/h8-9,12H,10-11H2,1-7H3,(H2,19,20). The fourth-order valence-electron chi connectivity index (χ4n) is 2.24. The van der Waals surface area contributed by atoms with Gasteiger partial charge in [0.15, 0.2) is 0 Å². The minimum Gasteiger partial charge on any atom is -0.387 e. The minimum atomic E-state index is 0.186. The van der Waals surface area contributed by atoms with Gasteiger partial charge in [-0.1, -0.05) is 46.8 Å². The van der Waals surface area contributed by atoms with Crippen molar-refractivity contribution in [1.29, 1.82) is 0 Å². The van der Waals surface area contributed by atoms with Crippen molar-refractivity contribution in [3.8, 4) is 0 Å². The van der Waals surface area contributed by atoms with Crippen molar-refractivity contribution in [2.24, 2.45) is 16.6 Å². The highest BCUT2D eigenvalue weighted by molar-refractivity contribution is 5.83. The molecular formula is C18H30N2. The van der Waals surface area contributed by atoms with E-state index in [2.05, 4.69) is 65.6 Å². The van der Waals surface area contributed by atoms with Crippen LogP contribution in [0.3, 0.4) is 0 Å². The van der Waals surface area contributed by atoms with Crippen LogP contribution in [0.2, 0.25) is 0 Å². The fraction of sp³-hybridized carbons (Fsp3) is 0.611. The smallest absolute Gasteiger partial charge is 0.0981 e. The van der Waals surface area contributed by atoms with Crippen LogP contribution in [0.25, 0.3) is 0 Å². The van der Waals surface area contributed by atoms with E-state index in [-0.39, 0.29) is 5.41 Å². The number of amidine groups is 1. The van der Waals surface area contributed by atoms with Gasteiger partial charge in [0.1, 0.15) is 0 Å². The minimum absolute atomic E-state index is 0.186. The Bertz CT molecular complexity index is 468. The van der Waals surface area contributed by atoms with Gasteiger partial charge in [0.2, 0.25) is 0 Å². The maximum absolute atomic E-state index is 6.07. The summed E-state index contributed by atoms with van der Waals surface area (Å²) in [5.74, 6) is 1.30. The Balaban J connectivity index is 3.01. The molecule has 0 saturated carbocycles. The summed E-state index contributed by atoms with van der Waals surface area (Å²) in [7, 11) is 0. The number of benzene rings is 1. The van der Waals surface area contributed by atoms with E-state index in [0.29, 0.717) is 5.92 Å². The van der Waals surface area contributed by atoms with Gasteiger partial charge < -0.3 is 5.73 Å². The van der Waals surface area contributed by atoms with Gasteiger partial charge in [-0.15, -0.1) is 0 Å². The van der Waals surface area contributed by atoms with E-state index in [0.717, 1.165) is 18.8 Å². The zero-order valence-corrected chi connectivity index (χ0v) is 14.2. The topological polar surface area (TPSA) is 38.4 Å². The Morgan fingerprint density at radius 3 is 2.05 bits per heavy atom. The summed E-state index contributed by atoms with van der Waals surface area (Å²) < 4.78 is 0. The quantitative estimate of drug-likeness (QED) is 0.650. The lowest BCUT2D eigenvalue weighted by atomic mass is 9.83. The number of nitrogens with two attached hydrogens (primary N) is 1. The van der Waals surface area contributed by atoms with Crippen LogP contribution in [0.15, 0.2) is 17.1 Å². The molecule has 0 aliphatic rings. The number of rotatable bonds is 4. The summed E-state index contributed by atoms with van der Waals surface area (Å²) in [6.45, 7) is 16.2. The molecule has 2 N–H and O–H groups in total. The molecule has 1 rings (SSSR count). The van der Waals surface area contributed by atoms with Crippen LogP contribution in [0.4, 0.5) is 0 Å². The Labute approximate surface area is 124 Å². The lowest BCUT2D eigenvalue weighted by Crippen LogP contribution is -2.19. The number of hydrogen-bond donors (Lipinski definition) is 1. The molecule has 0 spiro atoms. The molecule has 0 fully saturated rings. The second kappa shape index (κ2) is 6.43. The first-order valence-corrected chi connectivity index (χ1v) is 7.50. The summed E-state index contributed by atoms with van der Waals surface area (Å²) in [6.07, 6.45) is 0.759. The average molecular weight is 274 g/mol. The van der Waals surface area contributed by atoms with Crippen molar-refractivity contribution >= 4 is 5.84 Å². The van der Waals surface area contributed by atoms with Crippen LogP contribution in [0.5, 0.6) is 0 Å². The molecule has 2 heteroatoms. The highest BCUT2D eigenvalue weighted by Gasteiger charge is 2.16. The highest BCUT2D eigenvalue weighted by Crippen LogP contribution is 2.27. The highest BCUT2D eigenvalue weighted by atomic mass is 14.8. The molecule has 1 aromatic carbocycles. The van der Waals surface area contributed by atoms with Crippen LogP contribution in [0.1, 0.15) is 56.9 Å². The Kier molecular flexibility index (Phi) is 5.38. The number of aliphatic imine (C=N–C) groups is 1. The van der Waals surface area contributed by atoms with Gasteiger partial charge in [0.05, 0.1) is 5.84 Å². The molecule has 112 valence electrons. The molecule has 0 saturated heterocycles. The molecule has 20 heavy (non-hydrogen) atoms. The van der Waals surface area contributed by atoms with Gasteiger partial charge in [-0.3, -0.25) is 4.99 Å². The van der Waals surface area contributed by atoms with E-state index < -0.39 is 0 Å². The van der Waals surface area contributed by atoms with Crippen molar-refractivity contribution in [3.05, 3.63) is 34.4 Å². The van der Waals surface area contributed by atoms with Gasteiger partial charge >= 0.3 is 0 Å². The maximum atomic E-state index is 6.07. The Morgan fingerprint density at radius 2 is 1.65 bits per heavy atom. The molecular weight excluding hydrogens is 244 g/mol. The average Bonchev–Trinajstić information content (AvgIpc) is 2.29. The lowest BCUT2D eigenvalue weighted by molar-refractivity contribution is 0.589. The van der Waals surface area contributed by atoms with Crippen LogP contribution in [-0.4, -0.2) is 12.4 Å². The van der Waals surface area contributed by atoms with Crippen molar-refractivity contribution in [3.63, 3.8) is 0 Å². The van der Waals surface area contributed by atoms with Gasteiger partial charge in [-0.05, 0) is 47.4 Å². The molecule has 0 aliphatic carbocycles. The van der Waals surface area contributed by atoms with Crippen molar-refractivity contribution in [2.45, 2.75) is 60.3 Å². The van der Waals surface area contributed by atoms with Gasteiger partial charge in [-0.2, -0.15) is 0 Å². The van der Waals surface area contributed by atoms with Crippen LogP contribution < -0.4 is 5.73 Å². The number of hydrogen-bond acceptors (Lipinski definition) is 1. The van der Waals surface area contributed by atoms with E-state index in [1.807, 2.05) is 0 Å². The Hall–Kier alpha value is -1.31. The summed E-state index contributed by atoms with van der Waals surface area (Å²) in [5, 5.41) is 0. The van der Waals surface area contributed by atoms with Crippen molar-refractivity contribution in [2.75, 3.05) is 6.54 Å². The lowest BCUT2D eigenvalue weighted by Gasteiger charge is -2.22. The van der Waals surface area contributed by atoms with Crippen molar-refractivity contribution < 1.29 is 0 Å². The largest absolute Gasteiger partial charge is 0.387 e. The molecule has 0 radical (unpaired) electrons. The van der Waals surface area contributed by atoms with Crippen LogP contribution in [-0.2, 0) is 11.8 Å². The third kappa shape index (κ3) is 4.66. The summed E-state index contributed by atoms with van der Waals surface area (Å²) in [6, 6.07) is 4.58. The summed E-state index contributed by atoms with van der Waals surface area (Å²) in [4.78, 5) is 4.47. The summed E-state index contributed by atoms with van der Waals surface area (Å²) in [5.41, 5.74) is 11.6. The van der Waals surface area contributed by atoms with E-state index in [1.165, 1.54) is 22.3 Å². The molecule has 0 unspecified atom stereocenters. The Morgan fingerprint density at radius 1 is 1.15 bits per heavy atom.